The summed E-state index contributed by atoms with van der Waals surface area (Å²) in [4.78, 5) is 4.32. The van der Waals surface area contributed by atoms with Crippen LogP contribution in [0.3, 0.4) is 0 Å². The van der Waals surface area contributed by atoms with Gasteiger partial charge >= 0.3 is 0 Å². The van der Waals surface area contributed by atoms with Crippen molar-refractivity contribution in [3.05, 3.63) is 30.0 Å². The van der Waals surface area contributed by atoms with Crippen LogP contribution < -0.4 is 0 Å². The number of aromatic nitrogens is 5. The van der Waals surface area contributed by atoms with Gasteiger partial charge in [0.1, 0.15) is 0 Å². The minimum absolute atomic E-state index is 0.682. The lowest BCUT2D eigenvalue weighted by atomic mass is 10.1. The summed E-state index contributed by atoms with van der Waals surface area (Å²) < 4.78 is 1.72. The molecule has 0 unspecified atom stereocenters. The number of hydrogen-bond donors (Lipinski definition) is 0. The van der Waals surface area contributed by atoms with Crippen LogP contribution in [0.5, 0.6) is 0 Å². The lowest BCUT2D eigenvalue weighted by Crippen LogP contribution is -1.94. The Bertz CT molecular complexity index is 643. The molecule has 16 heavy (non-hydrogen) atoms. The average molecular weight is 213 g/mol. The molecule has 3 aromatic rings. The Morgan fingerprint density at radius 2 is 2.25 bits per heavy atom. The molecular weight excluding hydrogens is 202 g/mol. The highest BCUT2D eigenvalue weighted by atomic mass is 15.5. The minimum Gasteiger partial charge on any atom is -0.251 e. The fourth-order valence-electron chi connectivity index (χ4n) is 1.87. The zero-order valence-electron chi connectivity index (χ0n) is 8.96. The summed E-state index contributed by atoms with van der Waals surface area (Å²) in [6.45, 7) is 2.17. The Labute approximate surface area is 92.1 Å². The van der Waals surface area contributed by atoms with E-state index in [1.54, 1.807) is 10.7 Å². The summed E-state index contributed by atoms with van der Waals surface area (Å²) in [5.74, 6) is 0. The largest absolute Gasteiger partial charge is 0.251 e. The van der Waals surface area contributed by atoms with Gasteiger partial charge in [0.15, 0.2) is 5.65 Å². The number of benzene rings is 1. The van der Waals surface area contributed by atoms with Gasteiger partial charge in [-0.3, -0.25) is 4.98 Å². The van der Waals surface area contributed by atoms with E-state index in [9.17, 15) is 0 Å². The van der Waals surface area contributed by atoms with Crippen LogP contribution in [0.1, 0.15) is 18.9 Å². The smallest absolute Gasteiger partial charge is 0.198 e. The predicted molar refractivity (Wildman–Crippen MR) is 60.1 cm³/mol. The Hall–Kier alpha value is -2.04. The molecule has 5 heteroatoms. The highest BCUT2D eigenvalue weighted by molar-refractivity contribution is 5.77. The van der Waals surface area contributed by atoms with Gasteiger partial charge in [-0.15, -0.1) is 5.10 Å². The molecule has 0 atom stereocenters. The van der Waals surface area contributed by atoms with Crippen LogP contribution in [0, 0.1) is 0 Å². The highest BCUT2D eigenvalue weighted by Gasteiger charge is 2.04. The molecule has 0 aliphatic heterocycles. The standard InChI is InChI=1S/C11H11N5/c1-2-3-8-4-5-9-10(6-8)16-11(7-12-9)13-14-15-16/h4-7H,2-3H2,1H3. The van der Waals surface area contributed by atoms with Crippen LogP contribution in [0.25, 0.3) is 16.7 Å². The van der Waals surface area contributed by atoms with Gasteiger partial charge in [-0.05, 0) is 34.5 Å². The van der Waals surface area contributed by atoms with Crippen molar-refractivity contribution < 1.29 is 0 Å². The van der Waals surface area contributed by atoms with Crippen LogP contribution in [-0.2, 0) is 6.42 Å². The summed E-state index contributed by atoms with van der Waals surface area (Å²) in [6.07, 6.45) is 3.88. The number of aryl methyl sites for hydroxylation is 1. The van der Waals surface area contributed by atoms with Gasteiger partial charge in [0, 0.05) is 0 Å². The Kier molecular flexibility index (Phi) is 2.02. The maximum absolute atomic E-state index is 4.32. The topological polar surface area (TPSA) is 56.0 Å². The maximum atomic E-state index is 4.32. The Morgan fingerprint density at radius 3 is 3.12 bits per heavy atom. The number of nitrogens with zero attached hydrogens (tertiary/aromatic N) is 5. The lowest BCUT2D eigenvalue weighted by molar-refractivity contribution is 0.839. The van der Waals surface area contributed by atoms with Crippen molar-refractivity contribution in [3.8, 4) is 0 Å². The van der Waals surface area contributed by atoms with Crippen molar-refractivity contribution in [2.75, 3.05) is 0 Å². The molecule has 0 spiro atoms. The van der Waals surface area contributed by atoms with Gasteiger partial charge in [0.25, 0.3) is 0 Å². The number of hydrogen-bond acceptors (Lipinski definition) is 4. The van der Waals surface area contributed by atoms with Gasteiger partial charge in [-0.2, -0.15) is 4.52 Å². The van der Waals surface area contributed by atoms with Crippen molar-refractivity contribution in [2.45, 2.75) is 19.8 Å². The average Bonchev–Trinajstić information content (AvgIpc) is 2.78. The molecule has 1 aromatic carbocycles. The van der Waals surface area contributed by atoms with Crippen molar-refractivity contribution >= 4 is 16.7 Å². The summed E-state index contributed by atoms with van der Waals surface area (Å²) >= 11 is 0. The maximum Gasteiger partial charge on any atom is 0.198 e. The van der Waals surface area contributed by atoms with E-state index in [0.717, 1.165) is 23.9 Å². The quantitative estimate of drug-likeness (QED) is 0.649. The first-order valence-corrected chi connectivity index (χ1v) is 5.34. The Morgan fingerprint density at radius 1 is 1.31 bits per heavy atom. The summed E-state index contributed by atoms with van der Waals surface area (Å²) in [5, 5.41) is 11.5. The second-order valence-corrected chi connectivity index (χ2v) is 3.78. The molecule has 0 amide bonds. The van der Waals surface area contributed by atoms with E-state index in [4.69, 9.17) is 0 Å². The van der Waals surface area contributed by atoms with Gasteiger partial charge in [0.05, 0.1) is 17.2 Å². The molecule has 2 aromatic heterocycles. The molecule has 0 fully saturated rings. The molecule has 0 N–H and O–H groups in total. The van der Waals surface area contributed by atoms with Gasteiger partial charge in [-0.1, -0.05) is 19.4 Å². The number of rotatable bonds is 2. The molecule has 3 rings (SSSR count). The third-order valence-electron chi connectivity index (χ3n) is 2.62. The second kappa shape index (κ2) is 3.52. The molecule has 0 aliphatic carbocycles. The molecule has 80 valence electrons. The van der Waals surface area contributed by atoms with Crippen LogP contribution in [0.2, 0.25) is 0 Å². The van der Waals surface area contributed by atoms with E-state index >= 15 is 0 Å². The van der Waals surface area contributed by atoms with Gasteiger partial charge < -0.3 is 0 Å². The summed E-state index contributed by atoms with van der Waals surface area (Å²) in [5.41, 5.74) is 3.86. The Balaban J connectivity index is 2.33. The zero-order valence-corrected chi connectivity index (χ0v) is 8.96. The van der Waals surface area contributed by atoms with Crippen molar-refractivity contribution in [2.24, 2.45) is 0 Å². The SMILES string of the molecule is CCCc1ccc2ncc3nnnn3c2c1. The van der Waals surface area contributed by atoms with Crippen LogP contribution >= 0.6 is 0 Å². The minimum atomic E-state index is 0.682. The molecule has 0 bridgehead atoms. The zero-order chi connectivity index (χ0) is 11.0. The van der Waals surface area contributed by atoms with E-state index in [1.807, 2.05) is 6.07 Å². The van der Waals surface area contributed by atoms with E-state index in [-0.39, 0.29) is 0 Å². The highest BCUT2D eigenvalue weighted by Crippen LogP contribution is 2.15. The molecule has 0 saturated heterocycles. The normalized spacial score (nSPS) is 11.3. The van der Waals surface area contributed by atoms with Gasteiger partial charge in [0.2, 0.25) is 0 Å². The third kappa shape index (κ3) is 1.32. The molecule has 0 saturated carbocycles. The lowest BCUT2D eigenvalue weighted by Gasteiger charge is -2.02. The fourth-order valence-corrected chi connectivity index (χ4v) is 1.87. The van der Waals surface area contributed by atoms with Crippen molar-refractivity contribution in [1.82, 2.24) is 25.0 Å². The molecule has 2 heterocycles. The van der Waals surface area contributed by atoms with Crippen molar-refractivity contribution in [1.29, 1.82) is 0 Å². The first-order chi connectivity index (χ1) is 7.88. The summed E-state index contributed by atoms with van der Waals surface area (Å²) in [6, 6.07) is 6.23. The van der Waals surface area contributed by atoms with E-state index in [1.165, 1.54) is 5.56 Å². The first-order valence-electron chi connectivity index (χ1n) is 5.34. The molecule has 0 radical (unpaired) electrons. The monoisotopic (exact) mass is 213 g/mol. The third-order valence-corrected chi connectivity index (χ3v) is 2.62. The number of fused-ring (bicyclic) bond motifs is 3. The van der Waals surface area contributed by atoms with E-state index in [2.05, 4.69) is 39.6 Å². The first kappa shape index (κ1) is 9.21. The van der Waals surface area contributed by atoms with Crippen LogP contribution in [-0.4, -0.2) is 25.0 Å². The van der Waals surface area contributed by atoms with Gasteiger partial charge in [-0.25, -0.2) is 0 Å². The van der Waals surface area contributed by atoms with Crippen LogP contribution in [0.15, 0.2) is 24.4 Å². The molecular formula is C11H11N5. The van der Waals surface area contributed by atoms with E-state index in [0.29, 0.717) is 5.65 Å². The number of tetrazole rings is 1. The van der Waals surface area contributed by atoms with Crippen LogP contribution in [0.4, 0.5) is 0 Å². The van der Waals surface area contributed by atoms with Crippen molar-refractivity contribution in [3.63, 3.8) is 0 Å². The molecule has 5 nitrogen and oxygen atoms in total. The predicted octanol–water partition coefficient (Wildman–Crippen LogP) is 1.62. The fraction of sp³-hybridized carbons (Fsp3) is 0.273. The second-order valence-electron chi connectivity index (χ2n) is 3.78. The van der Waals surface area contributed by atoms with E-state index < -0.39 is 0 Å². The summed E-state index contributed by atoms with van der Waals surface area (Å²) in [7, 11) is 0. The molecule has 0 aliphatic rings.